The molecule has 6 nitrogen and oxygen atoms in total. The van der Waals surface area contributed by atoms with E-state index in [-0.39, 0.29) is 16.2 Å². The summed E-state index contributed by atoms with van der Waals surface area (Å²) in [7, 11) is 1.60. The van der Waals surface area contributed by atoms with Crippen molar-refractivity contribution in [2.75, 3.05) is 23.5 Å². The van der Waals surface area contributed by atoms with Crippen molar-refractivity contribution in [3.05, 3.63) is 63.1 Å². The van der Waals surface area contributed by atoms with Crippen LogP contribution in [0, 0.1) is 6.92 Å². The number of carbonyl (C=O) groups is 2. The summed E-state index contributed by atoms with van der Waals surface area (Å²) >= 11 is 8.82. The second-order valence-electron chi connectivity index (χ2n) is 9.63. The molecule has 1 N–H and O–H groups in total. The van der Waals surface area contributed by atoms with Gasteiger partial charge in [-0.1, -0.05) is 28.9 Å². The smallest absolute Gasteiger partial charge is 0.270 e. The zero-order valence-corrected chi connectivity index (χ0v) is 23.8. The van der Waals surface area contributed by atoms with Crippen LogP contribution in [0.15, 0.2) is 46.5 Å². The molecule has 0 saturated carbocycles. The zero-order valence-electron chi connectivity index (χ0n) is 21.4. The van der Waals surface area contributed by atoms with Crippen LogP contribution in [0.4, 0.5) is 11.4 Å². The van der Waals surface area contributed by atoms with Crippen LogP contribution in [-0.2, 0) is 9.59 Å². The summed E-state index contributed by atoms with van der Waals surface area (Å²) in [6.45, 7) is 11.4. The molecule has 0 atom stereocenters. The molecule has 2 amide bonds. The van der Waals surface area contributed by atoms with E-state index in [9.17, 15) is 9.59 Å². The Morgan fingerprint density at radius 2 is 1.86 bits per heavy atom. The van der Waals surface area contributed by atoms with E-state index < -0.39 is 11.8 Å². The molecule has 0 aromatic heterocycles. The highest BCUT2D eigenvalue weighted by Crippen LogP contribution is 2.43. The number of amides is 2. The van der Waals surface area contributed by atoms with Crippen LogP contribution < -0.4 is 19.9 Å². The third kappa shape index (κ3) is 4.60. The molecule has 4 rings (SSSR count). The molecule has 2 heterocycles. The summed E-state index contributed by atoms with van der Waals surface area (Å²) < 4.78 is 6.63. The molecule has 2 aliphatic heterocycles. The average Bonchev–Trinajstić information content (AvgIpc) is 2.80. The van der Waals surface area contributed by atoms with Gasteiger partial charge in [0.05, 0.1) is 18.3 Å². The summed E-state index contributed by atoms with van der Waals surface area (Å²) in [5.41, 5.74) is 5.23. The van der Waals surface area contributed by atoms with E-state index in [1.807, 2.05) is 31.2 Å². The molecule has 36 heavy (non-hydrogen) atoms. The van der Waals surface area contributed by atoms with Gasteiger partial charge in [-0.05, 0) is 87.8 Å². The lowest BCUT2D eigenvalue weighted by Crippen LogP contribution is -2.54. The SMILES string of the molecule is CCCN1c2cc(OC)c(/C=C3/C(=O)NC(=S)N(c4ccc(Br)cc4C)C3=O)cc2C(C)=CC1(C)C. The van der Waals surface area contributed by atoms with Gasteiger partial charge >= 0.3 is 0 Å². The van der Waals surface area contributed by atoms with Crippen molar-refractivity contribution in [3.63, 3.8) is 0 Å². The number of aryl methyl sites for hydroxylation is 1. The van der Waals surface area contributed by atoms with Crippen LogP contribution in [0.3, 0.4) is 0 Å². The average molecular weight is 569 g/mol. The van der Waals surface area contributed by atoms with Crippen molar-refractivity contribution in [2.24, 2.45) is 0 Å². The second kappa shape index (κ2) is 9.82. The van der Waals surface area contributed by atoms with E-state index in [1.54, 1.807) is 19.3 Å². The van der Waals surface area contributed by atoms with E-state index >= 15 is 0 Å². The number of thiocarbonyl (C=S) groups is 1. The van der Waals surface area contributed by atoms with Gasteiger partial charge in [-0.3, -0.25) is 19.8 Å². The number of rotatable bonds is 5. The number of nitrogens with zero attached hydrogens (tertiary/aromatic N) is 2. The number of hydrogen-bond acceptors (Lipinski definition) is 5. The van der Waals surface area contributed by atoms with Gasteiger partial charge in [0.1, 0.15) is 11.3 Å². The van der Waals surface area contributed by atoms with Crippen LogP contribution in [0.25, 0.3) is 11.6 Å². The molecule has 0 unspecified atom stereocenters. The van der Waals surface area contributed by atoms with Gasteiger partial charge in [-0.2, -0.15) is 0 Å². The second-order valence-corrected chi connectivity index (χ2v) is 10.9. The van der Waals surface area contributed by atoms with Crippen LogP contribution in [0.1, 0.15) is 50.8 Å². The van der Waals surface area contributed by atoms with Crippen molar-refractivity contribution >= 4 is 68.1 Å². The fraction of sp³-hybridized carbons (Fsp3) is 0.321. The lowest BCUT2D eigenvalue weighted by atomic mass is 9.87. The Labute approximate surface area is 226 Å². The van der Waals surface area contributed by atoms with Crippen LogP contribution in [0.5, 0.6) is 5.75 Å². The van der Waals surface area contributed by atoms with Gasteiger partial charge in [0.25, 0.3) is 11.8 Å². The molecule has 0 aliphatic carbocycles. The minimum atomic E-state index is -0.531. The lowest BCUT2D eigenvalue weighted by Gasteiger charge is -2.43. The molecule has 0 spiro atoms. The number of benzene rings is 2. The fourth-order valence-corrected chi connectivity index (χ4v) is 5.69. The summed E-state index contributed by atoms with van der Waals surface area (Å²) in [5.74, 6) is -0.417. The Bertz CT molecular complexity index is 1350. The number of halogens is 1. The Hall–Kier alpha value is -2.97. The maximum atomic E-state index is 13.6. The van der Waals surface area contributed by atoms with Crippen molar-refractivity contribution in [3.8, 4) is 5.75 Å². The monoisotopic (exact) mass is 567 g/mol. The molecular weight excluding hydrogens is 538 g/mol. The molecule has 188 valence electrons. The predicted octanol–water partition coefficient (Wildman–Crippen LogP) is 6.01. The Kier molecular flexibility index (Phi) is 7.12. The molecule has 8 heteroatoms. The van der Waals surface area contributed by atoms with Crippen molar-refractivity contribution in [2.45, 2.75) is 46.6 Å². The number of methoxy groups -OCH3 is 1. The van der Waals surface area contributed by atoms with Crippen LogP contribution in [0.2, 0.25) is 0 Å². The van der Waals surface area contributed by atoms with Crippen LogP contribution >= 0.6 is 28.1 Å². The molecule has 2 aliphatic rings. The van der Waals surface area contributed by atoms with E-state index in [1.165, 1.54) is 4.90 Å². The molecule has 2 aromatic carbocycles. The van der Waals surface area contributed by atoms with E-state index in [0.29, 0.717) is 17.0 Å². The summed E-state index contributed by atoms with van der Waals surface area (Å²) in [6.07, 6.45) is 4.85. The largest absolute Gasteiger partial charge is 0.496 e. The minimum Gasteiger partial charge on any atom is -0.496 e. The van der Waals surface area contributed by atoms with Crippen molar-refractivity contribution in [1.29, 1.82) is 0 Å². The number of ether oxygens (including phenoxy) is 1. The first-order chi connectivity index (χ1) is 17.0. The number of anilines is 2. The molecular formula is C28H30BrN3O3S. The van der Waals surface area contributed by atoms with Gasteiger partial charge < -0.3 is 9.64 Å². The van der Waals surface area contributed by atoms with Gasteiger partial charge in [-0.15, -0.1) is 0 Å². The topological polar surface area (TPSA) is 61.9 Å². The highest BCUT2D eigenvalue weighted by Gasteiger charge is 2.36. The van der Waals surface area contributed by atoms with E-state index in [4.69, 9.17) is 17.0 Å². The lowest BCUT2D eigenvalue weighted by molar-refractivity contribution is -0.122. The molecule has 0 bridgehead atoms. The van der Waals surface area contributed by atoms with Crippen molar-refractivity contribution in [1.82, 2.24) is 5.32 Å². The first kappa shape index (κ1) is 26.1. The maximum absolute atomic E-state index is 13.6. The maximum Gasteiger partial charge on any atom is 0.270 e. The highest BCUT2D eigenvalue weighted by atomic mass is 79.9. The van der Waals surface area contributed by atoms with E-state index in [0.717, 1.165) is 39.8 Å². The van der Waals surface area contributed by atoms with Gasteiger partial charge in [0, 0.05) is 33.9 Å². The molecule has 2 aromatic rings. The minimum absolute atomic E-state index is 0.00708. The van der Waals surface area contributed by atoms with Crippen molar-refractivity contribution < 1.29 is 14.3 Å². The number of hydrogen-bond donors (Lipinski definition) is 1. The number of carbonyl (C=O) groups excluding carboxylic acids is 2. The molecule has 0 radical (unpaired) electrons. The first-order valence-electron chi connectivity index (χ1n) is 11.9. The number of fused-ring (bicyclic) bond motifs is 1. The quantitative estimate of drug-likeness (QED) is 0.272. The summed E-state index contributed by atoms with van der Waals surface area (Å²) in [6, 6.07) is 9.53. The zero-order chi connectivity index (χ0) is 26.4. The van der Waals surface area contributed by atoms with Crippen LogP contribution in [-0.4, -0.2) is 36.1 Å². The standard InChI is InChI=1S/C28H30BrN3O3S/c1-7-10-31-23-14-24(35-6)18(12-20(23)17(3)15-28(31,4)5)13-21-25(33)30-27(36)32(26(21)34)22-9-8-19(29)11-16(22)2/h8-9,11-15H,7,10H2,1-6H3,(H,30,33,36)/b21-13-. The highest BCUT2D eigenvalue weighted by molar-refractivity contribution is 9.10. The van der Waals surface area contributed by atoms with Gasteiger partial charge in [-0.25, -0.2) is 0 Å². The Morgan fingerprint density at radius 3 is 2.50 bits per heavy atom. The Balaban J connectivity index is 1.83. The summed E-state index contributed by atoms with van der Waals surface area (Å²) in [5, 5.41) is 2.73. The number of allylic oxidation sites excluding steroid dienone is 1. The van der Waals surface area contributed by atoms with E-state index in [2.05, 4.69) is 59.9 Å². The molecule has 1 saturated heterocycles. The summed E-state index contributed by atoms with van der Waals surface area (Å²) in [4.78, 5) is 30.3. The van der Waals surface area contributed by atoms with Gasteiger partial charge in [0.15, 0.2) is 5.11 Å². The fourth-order valence-electron chi connectivity index (χ4n) is 4.94. The predicted molar refractivity (Wildman–Crippen MR) is 153 cm³/mol. The normalized spacial score (nSPS) is 18.2. The third-order valence-corrected chi connectivity index (χ3v) is 7.36. The number of nitrogens with one attached hydrogen (secondary N) is 1. The Morgan fingerprint density at radius 1 is 1.14 bits per heavy atom. The first-order valence-corrected chi connectivity index (χ1v) is 13.1. The van der Waals surface area contributed by atoms with Gasteiger partial charge in [0.2, 0.25) is 0 Å². The third-order valence-electron chi connectivity index (χ3n) is 6.58. The molecule has 1 fully saturated rings.